The maximum absolute atomic E-state index is 13.1. The predicted molar refractivity (Wildman–Crippen MR) is 78.2 cm³/mol. The van der Waals surface area contributed by atoms with Crippen LogP contribution in [0.15, 0.2) is 35.1 Å². The molecule has 0 aliphatic rings. The molecule has 0 saturated heterocycles. The minimum atomic E-state index is -0.292. The Balaban J connectivity index is 2.20. The van der Waals surface area contributed by atoms with Crippen molar-refractivity contribution < 1.29 is 4.39 Å². The van der Waals surface area contributed by atoms with E-state index in [1.165, 1.54) is 18.5 Å². The Bertz CT molecular complexity index is 562. The normalized spacial score (nSPS) is 10.3. The van der Waals surface area contributed by atoms with Gasteiger partial charge < -0.3 is 10.6 Å². The van der Waals surface area contributed by atoms with Gasteiger partial charge in [-0.25, -0.2) is 14.4 Å². The first kappa shape index (κ1) is 13.7. The molecule has 0 aliphatic heterocycles. The first-order valence-electron chi connectivity index (χ1n) is 5.97. The Morgan fingerprint density at radius 3 is 2.79 bits per heavy atom. The molecule has 0 atom stereocenters. The highest BCUT2D eigenvalue weighted by Crippen LogP contribution is 2.28. The van der Waals surface area contributed by atoms with E-state index in [1.54, 1.807) is 12.1 Å². The molecule has 1 aromatic heterocycles. The summed E-state index contributed by atoms with van der Waals surface area (Å²) in [6, 6.07) is 6.22. The number of aromatic nitrogens is 2. The van der Waals surface area contributed by atoms with Crippen LogP contribution in [0.1, 0.15) is 13.3 Å². The average molecular weight is 325 g/mol. The maximum Gasteiger partial charge on any atom is 0.150 e. The molecule has 2 aromatic rings. The minimum absolute atomic E-state index is 0.292. The van der Waals surface area contributed by atoms with Gasteiger partial charge in [-0.2, -0.15) is 0 Å². The van der Waals surface area contributed by atoms with E-state index in [0.29, 0.717) is 11.5 Å². The van der Waals surface area contributed by atoms with Crippen LogP contribution in [0, 0.1) is 5.82 Å². The molecular formula is C13H14BrFN4. The van der Waals surface area contributed by atoms with Gasteiger partial charge in [0.2, 0.25) is 0 Å². The molecule has 0 fully saturated rings. The van der Waals surface area contributed by atoms with Crippen LogP contribution in [0.3, 0.4) is 0 Å². The number of anilines is 3. The fraction of sp³-hybridized carbons (Fsp3) is 0.231. The summed E-state index contributed by atoms with van der Waals surface area (Å²) in [5.74, 6) is 1.02. The molecule has 1 heterocycles. The zero-order valence-electron chi connectivity index (χ0n) is 10.5. The number of nitrogens with one attached hydrogen (secondary N) is 2. The molecule has 2 N–H and O–H groups in total. The molecule has 2 rings (SSSR count). The highest BCUT2D eigenvalue weighted by molar-refractivity contribution is 9.10. The van der Waals surface area contributed by atoms with Crippen molar-refractivity contribution in [2.75, 3.05) is 17.2 Å². The number of hydrogen-bond donors (Lipinski definition) is 2. The summed E-state index contributed by atoms with van der Waals surface area (Å²) in [6.07, 6.45) is 2.47. The van der Waals surface area contributed by atoms with Crippen molar-refractivity contribution in [3.8, 4) is 0 Å². The Kier molecular flexibility index (Phi) is 4.68. The highest BCUT2D eigenvalue weighted by atomic mass is 79.9. The minimum Gasteiger partial charge on any atom is -0.369 e. The second-order valence-electron chi connectivity index (χ2n) is 3.95. The number of nitrogens with zero attached hydrogens (tertiary/aromatic N) is 2. The Morgan fingerprint density at radius 2 is 2.05 bits per heavy atom. The zero-order valence-corrected chi connectivity index (χ0v) is 12.0. The summed E-state index contributed by atoms with van der Waals surface area (Å²) in [5.41, 5.74) is 0.640. The lowest BCUT2D eigenvalue weighted by Gasteiger charge is -2.11. The van der Waals surface area contributed by atoms with Crippen molar-refractivity contribution in [1.82, 2.24) is 9.97 Å². The summed E-state index contributed by atoms with van der Waals surface area (Å²) >= 11 is 3.44. The topological polar surface area (TPSA) is 49.8 Å². The summed E-state index contributed by atoms with van der Waals surface area (Å²) in [4.78, 5) is 8.29. The molecule has 4 nitrogen and oxygen atoms in total. The van der Waals surface area contributed by atoms with Gasteiger partial charge in [-0.05, 0) is 40.5 Å². The average Bonchev–Trinajstić information content (AvgIpc) is 2.40. The van der Waals surface area contributed by atoms with Crippen molar-refractivity contribution >= 4 is 33.3 Å². The van der Waals surface area contributed by atoms with E-state index < -0.39 is 0 Å². The lowest BCUT2D eigenvalue weighted by atomic mass is 10.3. The van der Waals surface area contributed by atoms with Crippen LogP contribution < -0.4 is 10.6 Å². The molecule has 0 amide bonds. The van der Waals surface area contributed by atoms with E-state index in [0.717, 1.165) is 23.3 Å². The molecule has 0 bridgehead atoms. The third-order valence-electron chi connectivity index (χ3n) is 2.42. The first-order chi connectivity index (χ1) is 9.20. The number of benzene rings is 1. The van der Waals surface area contributed by atoms with Gasteiger partial charge in [-0.1, -0.05) is 13.0 Å². The van der Waals surface area contributed by atoms with Crippen LogP contribution in [-0.4, -0.2) is 16.5 Å². The lowest BCUT2D eigenvalue weighted by molar-refractivity contribution is 0.628. The Hall–Kier alpha value is -1.69. The van der Waals surface area contributed by atoms with Gasteiger partial charge in [0.1, 0.15) is 28.3 Å². The van der Waals surface area contributed by atoms with Crippen molar-refractivity contribution in [3.63, 3.8) is 0 Å². The van der Waals surface area contributed by atoms with Crippen molar-refractivity contribution in [1.29, 1.82) is 0 Å². The van der Waals surface area contributed by atoms with Gasteiger partial charge in [0, 0.05) is 12.2 Å². The summed E-state index contributed by atoms with van der Waals surface area (Å²) in [5, 5.41) is 6.24. The van der Waals surface area contributed by atoms with E-state index in [1.807, 2.05) is 0 Å². The monoisotopic (exact) mass is 324 g/mol. The lowest BCUT2D eigenvalue weighted by Crippen LogP contribution is -2.05. The van der Waals surface area contributed by atoms with Crippen LogP contribution in [0.4, 0.5) is 21.7 Å². The highest BCUT2D eigenvalue weighted by Gasteiger charge is 2.08. The van der Waals surface area contributed by atoms with Gasteiger partial charge in [0.05, 0.1) is 0 Å². The molecule has 100 valence electrons. The predicted octanol–water partition coefficient (Wildman–Crippen LogP) is 3.94. The number of rotatable bonds is 5. The van der Waals surface area contributed by atoms with E-state index >= 15 is 0 Å². The van der Waals surface area contributed by atoms with Crippen LogP contribution in [0.5, 0.6) is 0 Å². The van der Waals surface area contributed by atoms with Crippen molar-refractivity contribution in [2.24, 2.45) is 0 Å². The molecule has 0 radical (unpaired) electrons. The molecule has 19 heavy (non-hydrogen) atoms. The fourth-order valence-electron chi connectivity index (χ4n) is 1.53. The quantitative estimate of drug-likeness (QED) is 0.874. The fourth-order valence-corrected chi connectivity index (χ4v) is 1.97. The third kappa shape index (κ3) is 3.64. The van der Waals surface area contributed by atoms with Crippen LogP contribution in [-0.2, 0) is 0 Å². The SMILES string of the molecule is CCCNc1ncnc(Nc2cccc(F)c2)c1Br. The smallest absolute Gasteiger partial charge is 0.150 e. The first-order valence-corrected chi connectivity index (χ1v) is 6.77. The summed E-state index contributed by atoms with van der Waals surface area (Å²) in [7, 11) is 0. The molecule has 0 spiro atoms. The molecule has 1 aromatic carbocycles. The van der Waals surface area contributed by atoms with Gasteiger partial charge >= 0.3 is 0 Å². The van der Waals surface area contributed by atoms with Gasteiger partial charge in [-0.15, -0.1) is 0 Å². The van der Waals surface area contributed by atoms with Crippen molar-refractivity contribution in [3.05, 3.63) is 40.9 Å². The molecule has 0 saturated carbocycles. The van der Waals surface area contributed by atoms with Gasteiger partial charge in [0.25, 0.3) is 0 Å². The van der Waals surface area contributed by atoms with Crippen LogP contribution in [0.2, 0.25) is 0 Å². The van der Waals surface area contributed by atoms with E-state index in [9.17, 15) is 4.39 Å². The maximum atomic E-state index is 13.1. The van der Waals surface area contributed by atoms with E-state index in [-0.39, 0.29) is 5.82 Å². The Labute approximate surface area is 119 Å². The van der Waals surface area contributed by atoms with E-state index in [4.69, 9.17) is 0 Å². The number of hydrogen-bond acceptors (Lipinski definition) is 4. The molecular weight excluding hydrogens is 311 g/mol. The largest absolute Gasteiger partial charge is 0.369 e. The van der Waals surface area contributed by atoms with Gasteiger partial charge in [-0.3, -0.25) is 0 Å². The molecule has 6 heteroatoms. The second kappa shape index (κ2) is 6.47. The standard InChI is InChI=1S/C13H14BrFN4/c1-2-6-16-12-11(14)13(18-8-17-12)19-10-5-3-4-9(15)7-10/h3-5,7-8H,2,6H2,1H3,(H2,16,17,18,19). The van der Waals surface area contributed by atoms with Crippen LogP contribution in [0.25, 0.3) is 0 Å². The second-order valence-corrected chi connectivity index (χ2v) is 4.74. The zero-order chi connectivity index (χ0) is 13.7. The summed E-state index contributed by atoms with van der Waals surface area (Å²) < 4.78 is 13.8. The van der Waals surface area contributed by atoms with Crippen LogP contribution >= 0.6 is 15.9 Å². The van der Waals surface area contributed by atoms with Crippen molar-refractivity contribution in [2.45, 2.75) is 13.3 Å². The molecule has 0 unspecified atom stereocenters. The number of halogens is 2. The summed E-state index contributed by atoms with van der Waals surface area (Å²) in [6.45, 7) is 2.91. The van der Waals surface area contributed by atoms with E-state index in [2.05, 4.69) is 43.5 Å². The van der Waals surface area contributed by atoms with Gasteiger partial charge in [0.15, 0.2) is 0 Å². The molecule has 0 aliphatic carbocycles. The Morgan fingerprint density at radius 1 is 1.26 bits per heavy atom. The third-order valence-corrected chi connectivity index (χ3v) is 3.17.